The van der Waals surface area contributed by atoms with Crippen molar-refractivity contribution in [3.63, 3.8) is 0 Å². The molecule has 1 fully saturated rings. The highest BCUT2D eigenvalue weighted by atomic mass is 32.2. The molecule has 0 spiro atoms. The average molecular weight is 493 g/mol. The zero-order valence-electron chi connectivity index (χ0n) is 18.5. The second-order valence-corrected chi connectivity index (χ2v) is 9.85. The maximum atomic E-state index is 13.7. The number of hydrogen-bond acceptors (Lipinski definition) is 7. The first kappa shape index (κ1) is 25.2. The van der Waals surface area contributed by atoms with Gasteiger partial charge in [-0.3, -0.25) is 9.59 Å². The maximum Gasteiger partial charge on any atom is 0.342 e. The summed E-state index contributed by atoms with van der Waals surface area (Å²) in [5.74, 6) is -2.59. The number of anilines is 1. The molecular formula is C23H25FN2O7S. The average Bonchev–Trinajstić information content (AvgIpc) is 3.17. The monoisotopic (exact) mass is 492 g/mol. The minimum Gasteiger partial charge on any atom is -0.483 e. The van der Waals surface area contributed by atoms with Gasteiger partial charge in [0.2, 0.25) is 0 Å². The lowest BCUT2D eigenvalue weighted by molar-refractivity contribution is -0.136. The van der Waals surface area contributed by atoms with Gasteiger partial charge in [-0.2, -0.15) is 0 Å². The lowest BCUT2D eigenvalue weighted by atomic mass is 10.2. The molecule has 1 atom stereocenters. The van der Waals surface area contributed by atoms with Gasteiger partial charge < -0.3 is 19.7 Å². The molecule has 2 amide bonds. The summed E-state index contributed by atoms with van der Waals surface area (Å²) >= 11 is 0. The summed E-state index contributed by atoms with van der Waals surface area (Å²) in [7, 11) is -3.17. The predicted octanol–water partition coefficient (Wildman–Crippen LogP) is 2.04. The van der Waals surface area contributed by atoms with Gasteiger partial charge >= 0.3 is 5.97 Å². The number of amides is 2. The number of rotatable bonds is 9. The minimum absolute atomic E-state index is 0.000448. The molecule has 9 nitrogen and oxygen atoms in total. The smallest absolute Gasteiger partial charge is 0.342 e. The molecule has 0 radical (unpaired) electrons. The van der Waals surface area contributed by atoms with E-state index in [0.29, 0.717) is 6.42 Å². The second-order valence-electron chi connectivity index (χ2n) is 7.63. The van der Waals surface area contributed by atoms with Crippen LogP contribution in [0.1, 0.15) is 23.7 Å². The normalized spacial score (nSPS) is 16.5. The van der Waals surface area contributed by atoms with Crippen LogP contribution in [0, 0.1) is 5.82 Å². The highest BCUT2D eigenvalue weighted by Gasteiger charge is 2.34. The number of hydrogen-bond donors (Lipinski definition) is 1. The topological polar surface area (TPSA) is 119 Å². The van der Waals surface area contributed by atoms with Crippen molar-refractivity contribution < 1.29 is 36.7 Å². The van der Waals surface area contributed by atoms with E-state index in [-0.39, 0.29) is 35.1 Å². The summed E-state index contributed by atoms with van der Waals surface area (Å²) in [5.41, 5.74) is -0.00154. The second kappa shape index (κ2) is 11.1. The highest BCUT2D eigenvalue weighted by Crippen LogP contribution is 2.21. The number of sulfone groups is 1. The predicted molar refractivity (Wildman–Crippen MR) is 122 cm³/mol. The molecule has 0 bridgehead atoms. The summed E-state index contributed by atoms with van der Waals surface area (Å²) in [5, 5.41) is 2.37. The van der Waals surface area contributed by atoms with Gasteiger partial charge in [0.1, 0.15) is 17.1 Å². The van der Waals surface area contributed by atoms with Crippen molar-refractivity contribution in [1.82, 2.24) is 4.90 Å². The van der Waals surface area contributed by atoms with E-state index < -0.39 is 52.7 Å². The Morgan fingerprint density at radius 2 is 1.79 bits per heavy atom. The quantitative estimate of drug-likeness (QED) is 0.532. The van der Waals surface area contributed by atoms with Crippen LogP contribution in [0.3, 0.4) is 0 Å². The first-order chi connectivity index (χ1) is 16.2. The third kappa shape index (κ3) is 6.53. The number of likely N-dealkylation sites (N-methyl/N-ethyl adjacent to an activating group) is 1. The molecule has 3 rings (SSSR count). The van der Waals surface area contributed by atoms with E-state index in [9.17, 15) is 27.2 Å². The lowest BCUT2D eigenvalue weighted by Gasteiger charge is -2.26. The minimum atomic E-state index is -3.17. The third-order valence-electron chi connectivity index (χ3n) is 5.25. The van der Waals surface area contributed by atoms with Gasteiger partial charge in [0.25, 0.3) is 11.8 Å². The van der Waals surface area contributed by atoms with Gasteiger partial charge in [0, 0.05) is 12.6 Å². The Morgan fingerprint density at radius 1 is 1.09 bits per heavy atom. The molecule has 0 aliphatic carbocycles. The van der Waals surface area contributed by atoms with Crippen molar-refractivity contribution in [3.05, 3.63) is 59.9 Å². The number of halogens is 1. The van der Waals surface area contributed by atoms with E-state index in [2.05, 4.69) is 5.32 Å². The van der Waals surface area contributed by atoms with Gasteiger partial charge in [-0.05, 0) is 37.6 Å². The SMILES string of the molecule is CCN(C(=O)COC(=O)c1ccccc1OCC(=O)Nc1ccccc1F)C1CCS(=O)(=O)C1. The molecule has 1 N–H and O–H groups in total. The van der Waals surface area contributed by atoms with Crippen LogP contribution >= 0.6 is 0 Å². The van der Waals surface area contributed by atoms with Crippen LogP contribution < -0.4 is 10.1 Å². The summed E-state index contributed by atoms with van der Waals surface area (Å²) in [6, 6.07) is 11.2. The number of carbonyl (C=O) groups is 3. The number of para-hydroxylation sites is 2. The van der Waals surface area contributed by atoms with Crippen LogP contribution in [0.4, 0.5) is 10.1 Å². The van der Waals surface area contributed by atoms with E-state index in [1.54, 1.807) is 25.1 Å². The number of nitrogens with zero attached hydrogens (tertiary/aromatic N) is 1. The third-order valence-corrected chi connectivity index (χ3v) is 7.00. The molecule has 182 valence electrons. The van der Waals surface area contributed by atoms with Crippen LogP contribution in [-0.4, -0.2) is 68.4 Å². The van der Waals surface area contributed by atoms with Crippen molar-refractivity contribution in [1.29, 1.82) is 0 Å². The van der Waals surface area contributed by atoms with E-state index in [0.717, 1.165) is 0 Å². The van der Waals surface area contributed by atoms with Gasteiger partial charge in [0.05, 0.1) is 17.2 Å². The molecule has 0 aromatic heterocycles. The molecule has 2 aromatic carbocycles. The summed E-state index contributed by atoms with van der Waals surface area (Å²) in [6.45, 7) is 0.955. The van der Waals surface area contributed by atoms with Crippen molar-refractivity contribution in [2.75, 3.05) is 36.6 Å². The standard InChI is InChI=1S/C23H25FN2O7S/c1-2-26(16-11-12-34(30,31)15-16)22(28)14-33-23(29)17-7-3-6-10-20(17)32-13-21(27)25-19-9-5-4-8-18(19)24/h3-10,16H,2,11-15H2,1H3,(H,25,27). The summed E-state index contributed by atoms with van der Waals surface area (Å²) in [6.07, 6.45) is 0.349. The lowest BCUT2D eigenvalue weighted by Crippen LogP contribution is -2.43. The molecule has 1 aliphatic rings. The number of ether oxygens (including phenoxy) is 2. The molecule has 1 aliphatic heterocycles. The summed E-state index contributed by atoms with van der Waals surface area (Å²) < 4.78 is 47.7. The number of nitrogens with one attached hydrogen (secondary N) is 1. The van der Waals surface area contributed by atoms with Crippen LogP contribution in [0.2, 0.25) is 0 Å². The van der Waals surface area contributed by atoms with Crippen LogP contribution in [0.5, 0.6) is 5.75 Å². The molecule has 2 aromatic rings. The highest BCUT2D eigenvalue weighted by molar-refractivity contribution is 7.91. The summed E-state index contributed by atoms with van der Waals surface area (Å²) in [4.78, 5) is 38.6. The number of carbonyl (C=O) groups excluding carboxylic acids is 3. The fraction of sp³-hybridized carbons (Fsp3) is 0.348. The van der Waals surface area contributed by atoms with E-state index in [1.165, 1.54) is 35.2 Å². The molecule has 34 heavy (non-hydrogen) atoms. The van der Waals surface area contributed by atoms with Crippen LogP contribution in [-0.2, 0) is 24.2 Å². The van der Waals surface area contributed by atoms with Crippen LogP contribution in [0.15, 0.2) is 48.5 Å². The van der Waals surface area contributed by atoms with Gasteiger partial charge in [-0.1, -0.05) is 24.3 Å². The Morgan fingerprint density at radius 3 is 2.47 bits per heavy atom. The van der Waals surface area contributed by atoms with Gasteiger partial charge in [0.15, 0.2) is 23.1 Å². The fourth-order valence-electron chi connectivity index (χ4n) is 3.60. The van der Waals surface area contributed by atoms with Crippen molar-refractivity contribution in [2.24, 2.45) is 0 Å². The molecule has 11 heteroatoms. The first-order valence-electron chi connectivity index (χ1n) is 10.6. The molecule has 1 unspecified atom stereocenters. The number of esters is 1. The Labute approximate surface area is 196 Å². The molecule has 1 saturated heterocycles. The van der Waals surface area contributed by atoms with Crippen molar-refractivity contribution in [3.8, 4) is 5.75 Å². The number of benzene rings is 2. The van der Waals surface area contributed by atoms with Crippen molar-refractivity contribution >= 4 is 33.3 Å². The van der Waals surface area contributed by atoms with Crippen LogP contribution in [0.25, 0.3) is 0 Å². The molecule has 0 saturated carbocycles. The Kier molecular flexibility index (Phi) is 8.21. The molecule has 1 heterocycles. The largest absolute Gasteiger partial charge is 0.483 e. The Bertz CT molecular complexity index is 1170. The van der Waals surface area contributed by atoms with Gasteiger partial charge in [-0.15, -0.1) is 0 Å². The fourth-order valence-corrected chi connectivity index (χ4v) is 5.33. The molecular weight excluding hydrogens is 467 g/mol. The van der Waals surface area contributed by atoms with Gasteiger partial charge in [-0.25, -0.2) is 17.6 Å². The zero-order valence-corrected chi connectivity index (χ0v) is 19.3. The Balaban J connectivity index is 1.57. The van der Waals surface area contributed by atoms with E-state index in [1.807, 2.05) is 0 Å². The van der Waals surface area contributed by atoms with E-state index in [4.69, 9.17) is 9.47 Å². The van der Waals surface area contributed by atoms with Crippen molar-refractivity contribution in [2.45, 2.75) is 19.4 Å². The maximum absolute atomic E-state index is 13.7. The zero-order chi connectivity index (χ0) is 24.7. The first-order valence-corrected chi connectivity index (χ1v) is 12.5. The Hall–Kier alpha value is -3.47. The van der Waals surface area contributed by atoms with E-state index >= 15 is 0 Å².